The summed E-state index contributed by atoms with van der Waals surface area (Å²) < 4.78 is 0. The molecule has 0 aliphatic carbocycles. The van der Waals surface area contributed by atoms with Gasteiger partial charge in [-0.15, -0.1) is 0 Å². The number of carbonyl (C=O) groups excluding carboxylic acids is 2. The molecule has 0 heterocycles. The zero-order valence-corrected chi connectivity index (χ0v) is 18.6. The summed E-state index contributed by atoms with van der Waals surface area (Å²) in [5, 5.41) is 22.8. The smallest absolute Gasteiger partial charge is 0.242 e. The third-order valence-corrected chi connectivity index (χ3v) is 4.90. The molecule has 0 spiro atoms. The molecule has 1 aromatic carbocycles. The predicted molar refractivity (Wildman–Crippen MR) is 119 cm³/mol. The number of amides is 2. The second kappa shape index (κ2) is 14.0. The number of amidine groups is 1. The molecule has 10 heteroatoms. The molecule has 0 saturated heterocycles. The fourth-order valence-corrected chi connectivity index (χ4v) is 2.97. The number of nitrogens with one attached hydrogen (secondary N) is 4. The van der Waals surface area contributed by atoms with Crippen LogP contribution in [0.15, 0.2) is 24.3 Å². The minimum Gasteiger partial charge on any atom is -0.391 e. The van der Waals surface area contributed by atoms with Gasteiger partial charge in [-0.2, -0.15) is 17.2 Å². The van der Waals surface area contributed by atoms with Gasteiger partial charge in [-0.05, 0) is 37.3 Å². The van der Waals surface area contributed by atoms with Crippen LogP contribution in [0.1, 0.15) is 37.8 Å². The van der Waals surface area contributed by atoms with E-state index in [4.69, 9.17) is 16.0 Å². The van der Waals surface area contributed by atoms with E-state index in [1.165, 1.54) is 6.92 Å². The fourth-order valence-electron chi connectivity index (χ4n) is 2.50. The zero-order valence-electron chi connectivity index (χ0n) is 17.7. The van der Waals surface area contributed by atoms with E-state index in [0.717, 1.165) is 12.0 Å². The van der Waals surface area contributed by atoms with Crippen molar-refractivity contribution in [2.24, 2.45) is 5.73 Å². The van der Waals surface area contributed by atoms with E-state index < -0.39 is 24.1 Å². The Morgan fingerprint density at radius 2 is 1.93 bits per heavy atom. The fraction of sp³-hybridized carbons (Fsp3) is 0.550. The maximum absolute atomic E-state index is 12.7. The Morgan fingerprint density at radius 3 is 2.47 bits per heavy atom. The lowest BCUT2D eigenvalue weighted by molar-refractivity contribution is -0.135. The molecule has 1 rings (SSSR count). The van der Waals surface area contributed by atoms with Crippen molar-refractivity contribution in [3.63, 3.8) is 0 Å². The van der Waals surface area contributed by atoms with Crippen molar-refractivity contribution >= 4 is 29.4 Å². The number of nitrogen functional groups attached to an aromatic ring is 1. The van der Waals surface area contributed by atoms with E-state index in [1.54, 1.807) is 36.0 Å². The predicted octanol–water partition coefficient (Wildman–Crippen LogP) is 0.505. The molecule has 3 unspecified atom stereocenters. The van der Waals surface area contributed by atoms with Crippen molar-refractivity contribution in [3.05, 3.63) is 35.4 Å². The maximum atomic E-state index is 12.7. The molecule has 0 aliphatic rings. The number of benzene rings is 1. The molecule has 168 valence electrons. The van der Waals surface area contributed by atoms with Crippen LogP contribution in [0.2, 0.25) is 0 Å². The minimum absolute atomic E-state index is 0.0189. The standard InChI is InChI=1S/C20H33N5O4S/c1-4-10-29-25-17(13(2)26)20(28)24-16(9-11-30-3)19(27)23-12-14-5-7-15(8-6-14)18(21)22/h5-8,13,16-17,25-26H,4,9-12H2,1-3H3,(H3,21,22)(H,23,27)(H,24,28). The van der Waals surface area contributed by atoms with Crippen LogP contribution in [-0.4, -0.2) is 59.6 Å². The second-order valence-electron chi connectivity index (χ2n) is 6.86. The quantitative estimate of drug-likeness (QED) is 0.107. The summed E-state index contributed by atoms with van der Waals surface area (Å²) in [5.74, 6) is -0.153. The molecule has 30 heavy (non-hydrogen) atoms. The Labute approximate surface area is 182 Å². The van der Waals surface area contributed by atoms with Gasteiger partial charge in [0.1, 0.15) is 17.9 Å². The lowest BCUT2D eigenvalue weighted by atomic mass is 10.1. The molecule has 0 aromatic heterocycles. The van der Waals surface area contributed by atoms with Gasteiger partial charge < -0.3 is 26.3 Å². The molecular formula is C20H33N5O4S. The number of thioether (sulfide) groups is 1. The van der Waals surface area contributed by atoms with Crippen LogP contribution in [0.25, 0.3) is 0 Å². The van der Waals surface area contributed by atoms with Crippen LogP contribution >= 0.6 is 11.8 Å². The van der Waals surface area contributed by atoms with Crippen LogP contribution in [0.3, 0.4) is 0 Å². The highest BCUT2D eigenvalue weighted by Crippen LogP contribution is 2.06. The molecule has 0 saturated carbocycles. The summed E-state index contributed by atoms with van der Waals surface area (Å²) in [6.45, 7) is 4.08. The number of aliphatic hydroxyl groups excluding tert-OH is 1. The monoisotopic (exact) mass is 439 g/mol. The van der Waals surface area contributed by atoms with E-state index in [-0.39, 0.29) is 18.3 Å². The van der Waals surface area contributed by atoms with E-state index in [1.807, 2.05) is 13.2 Å². The topological polar surface area (TPSA) is 150 Å². The normalized spacial score (nSPS) is 13.9. The van der Waals surface area contributed by atoms with Crippen LogP contribution in [0.5, 0.6) is 0 Å². The molecule has 0 bridgehead atoms. The zero-order chi connectivity index (χ0) is 22.5. The summed E-state index contributed by atoms with van der Waals surface area (Å²) >= 11 is 1.57. The van der Waals surface area contributed by atoms with Gasteiger partial charge in [0.2, 0.25) is 11.8 Å². The largest absolute Gasteiger partial charge is 0.391 e. The van der Waals surface area contributed by atoms with Crippen molar-refractivity contribution in [2.75, 3.05) is 18.6 Å². The Hall–Kier alpha value is -2.14. The van der Waals surface area contributed by atoms with Crippen LogP contribution in [0.4, 0.5) is 0 Å². The lowest BCUT2D eigenvalue weighted by Gasteiger charge is -2.24. The number of aliphatic hydroxyl groups is 1. The number of carbonyl (C=O) groups is 2. The third-order valence-electron chi connectivity index (χ3n) is 4.26. The van der Waals surface area contributed by atoms with Crippen LogP contribution in [0, 0.1) is 5.41 Å². The van der Waals surface area contributed by atoms with Gasteiger partial charge in [-0.1, -0.05) is 31.2 Å². The summed E-state index contributed by atoms with van der Waals surface area (Å²) in [4.78, 5) is 30.5. The first-order valence-corrected chi connectivity index (χ1v) is 11.2. The number of hydrogen-bond acceptors (Lipinski definition) is 7. The molecule has 3 atom stereocenters. The molecule has 0 fully saturated rings. The molecule has 0 aliphatic heterocycles. The Bertz CT molecular complexity index is 684. The number of rotatable bonds is 14. The van der Waals surface area contributed by atoms with Crippen LogP contribution < -0.4 is 21.8 Å². The van der Waals surface area contributed by atoms with Gasteiger partial charge in [-0.3, -0.25) is 15.0 Å². The van der Waals surface area contributed by atoms with Gasteiger partial charge in [0.25, 0.3) is 0 Å². The number of hydrogen-bond donors (Lipinski definition) is 6. The van der Waals surface area contributed by atoms with Gasteiger partial charge in [0.15, 0.2) is 0 Å². The van der Waals surface area contributed by atoms with Crippen molar-refractivity contribution in [1.82, 2.24) is 16.1 Å². The highest BCUT2D eigenvalue weighted by Gasteiger charge is 2.28. The molecule has 2 amide bonds. The van der Waals surface area contributed by atoms with Gasteiger partial charge >= 0.3 is 0 Å². The van der Waals surface area contributed by atoms with Gasteiger partial charge in [0, 0.05) is 12.1 Å². The Balaban J connectivity index is 2.72. The Kier molecular flexibility index (Phi) is 12.1. The maximum Gasteiger partial charge on any atom is 0.242 e. The molecular weight excluding hydrogens is 406 g/mol. The van der Waals surface area contributed by atoms with E-state index in [0.29, 0.717) is 24.3 Å². The second-order valence-corrected chi connectivity index (χ2v) is 7.84. The Morgan fingerprint density at radius 1 is 1.27 bits per heavy atom. The average Bonchev–Trinajstić information content (AvgIpc) is 2.72. The molecule has 0 radical (unpaired) electrons. The first-order valence-electron chi connectivity index (χ1n) is 9.85. The van der Waals surface area contributed by atoms with Gasteiger partial charge in [0.05, 0.1) is 12.7 Å². The highest BCUT2D eigenvalue weighted by molar-refractivity contribution is 7.98. The number of nitrogens with two attached hydrogens (primary N) is 1. The van der Waals surface area contributed by atoms with E-state index >= 15 is 0 Å². The molecule has 1 aromatic rings. The van der Waals surface area contributed by atoms with Crippen molar-refractivity contribution in [2.45, 2.75) is 51.4 Å². The lowest BCUT2D eigenvalue weighted by Crippen LogP contribution is -2.56. The minimum atomic E-state index is -0.995. The first kappa shape index (κ1) is 25.9. The summed E-state index contributed by atoms with van der Waals surface area (Å²) in [6.07, 6.45) is 2.13. The van der Waals surface area contributed by atoms with Crippen molar-refractivity contribution in [3.8, 4) is 0 Å². The average molecular weight is 440 g/mol. The summed E-state index contributed by atoms with van der Waals surface area (Å²) in [5.41, 5.74) is 9.46. The van der Waals surface area contributed by atoms with E-state index in [2.05, 4.69) is 16.1 Å². The summed E-state index contributed by atoms with van der Waals surface area (Å²) in [6, 6.07) is 5.27. The van der Waals surface area contributed by atoms with Crippen molar-refractivity contribution < 1.29 is 19.5 Å². The number of hydroxylamine groups is 1. The first-order chi connectivity index (χ1) is 14.3. The highest BCUT2D eigenvalue weighted by atomic mass is 32.2. The van der Waals surface area contributed by atoms with Crippen molar-refractivity contribution in [1.29, 1.82) is 5.41 Å². The van der Waals surface area contributed by atoms with Crippen LogP contribution in [-0.2, 0) is 21.0 Å². The third kappa shape index (κ3) is 9.12. The van der Waals surface area contributed by atoms with E-state index in [9.17, 15) is 14.7 Å². The molecule has 9 nitrogen and oxygen atoms in total. The SMILES string of the molecule is CCCONC(C(=O)NC(CCSC)C(=O)NCc1ccc(C(=N)N)cc1)C(C)O. The summed E-state index contributed by atoms with van der Waals surface area (Å²) in [7, 11) is 0. The molecule has 7 N–H and O–H groups in total. The van der Waals surface area contributed by atoms with Gasteiger partial charge in [-0.25, -0.2) is 0 Å².